The van der Waals surface area contributed by atoms with Crippen molar-refractivity contribution in [3.63, 3.8) is 0 Å². The second-order valence-electron chi connectivity index (χ2n) is 6.42. The quantitative estimate of drug-likeness (QED) is 0.767. The molecule has 0 radical (unpaired) electrons. The van der Waals surface area contributed by atoms with E-state index in [1.54, 1.807) is 30.0 Å². The molecule has 1 unspecified atom stereocenters. The number of carbonyl (C=O) groups excluding carboxylic acids is 2. The van der Waals surface area contributed by atoms with Gasteiger partial charge in [-0.25, -0.2) is 0 Å². The van der Waals surface area contributed by atoms with Crippen molar-refractivity contribution >= 4 is 22.8 Å². The van der Waals surface area contributed by atoms with Gasteiger partial charge in [0.25, 0.3) is 5.91 Å². The standard InChI is InChI=1S/C19H19N5O2/c1-13(25)24-10-9-23(12-18(24)14-5-3-2-4-6-14)19(26)15-7-8-16-17(11-15)21-22-20-16/h2-8,11,18H,9-10,12H2,1H3,(H,20,21,22). The van der Waals surface area contributed by atoms with Crippen LogP contribution in [0.2, 0.25) is 0 Å². The number of rotatable bonds is 2. The van der Waals surface area contributed by atoms with Crippen molar-refractivity contribution in [2.45, 2.75) is 13.0 Å². The average molecular weight is 349 g/mol. The Morgan fingerprint density at radius 2 is 1.81 bits per heavy atom. The summed E-state index contributed by atoms with van der Waals surface area (Å²) >= 11 is 0. The van der Waals surface area contributed by atoms with Gasteiger partial charge in [0.05, 0.1) is 6.04 Å². The lowest BCUT2D eigenvalue weighted by Crippen LogP contribution is -2.51. The molecule has 1 saturated heterocycles. The van der Waals surface area contributed by atoms with Crippen LogP contribution >= 0.6 is 0 Å². The molecule has 1 N–H and O–H groups in total. The molecule has 7 heteroatoms. The minimum absolute atomic E-state index is 0.0231. The second-order valence-corrected chi connectivity index (χ2v) is 6.42. The third-order valence-electron chi connectivity index (χ3n) is 4.82. The van der Waals surface area contributed by atoms with Crippen LogP contribution in [-0.2, 0) is 4.79 Å². The van der Waals surface area contributed by atoms with Gasteiger partial charge in [0, 0.05) is 32.1 Å². The zero-order valence-electron chi connectivity index (χ0n) is 14.4. The summed E-state index contributed by atoms with van der Waals surface area (Å²) < 4.78 is 0. The molecule has 4 rings (SSSR count). The smallest absolute Gasteiger partial charge is 0.254 e. The summed E-state index contributed by atoms with van der Waals surface area (Å²) in [5.74, 6) is -0.0333. The van der Waals surface area contributed by atoms with Gasteiger partial charge in [-0.15, -0.1) is 0 Å². The number of aromatic nitrogens is 3. The zero-order valence-corrected chi connectivity index (χ0v) is 14.4. The maximum Gasteiger partial charge on any atom is 0.254 e. The van der Waals surface area contributed by atoms with Crippen molar-refractivity contribution in [3.05, 3.63) is 59.7 Å². The molecular weight excluding hydrogens is 330 g/mol. The van der Waals surface area contributed by atoms with E-state index < -0.39 is 0 Å². The van der Waals surface area contributed by atoms with Crippen LogP contribution in [0.15, 0.2) is 48.5 Å². The fraction of sp³-hybridized carbons (Fsp3) is 0.263. The molecule has 0 aliphatic carbocycles. The van der Waals surface area contributed by atoms with Gasteiger partial charge < -0.3 is 9.80 Å². The number of piperazine rings is 1. The number of fused-ring (bicyclic) bond motifs is 1. The van der Waals surface area contributed by atoms with E-state index in [1.165, 1.54) is 0 Å². The third-order valence-corrected chi connectivity index (χ3v) is 4.82. The molecular formula is C19H19N5O2. The Kier molecular flexibility index (Phi) is 4.12. The molecule has 2 heterocycles. The molecule has 1 aliphatic rings. The average Bonchev–Trinajstić information content (AvgIpc) is 3.15. The molecule has 3 aromatic rings. The Hall–Kier alpha value is -3.22. The number of hydrogen-bond donors (Lipinski definition) is 1. The van der Waals surface area contributed by atoms with Crippen LogP contribution in [0, 0.1) is 0 Å². The van der Waals surface area contributed by atoms with Crippen LogP contribution in [0.1, 0.15) is 28.9 Å². The number of benzene rings is 2. The highest BCUT2D eigenvalue weighted by Crippen LogP contribution is 2.26. The largest absolute Gasteiger partial charge is 0.334 e. The lowest BCUT2D eigenvalue weighted by atomic mass is 10.0. The Bertz CT molecular complexity index is 953. The summed E-state index contributed by atoms with van der Waals surface area (Å²) in [6.07, 6.45) is 0. The Balaban J connectivity index is 1.61. The highest BCUT2D eigenvalue weighted by atomic mass is 16.2. The van der Waals surface area contributed by atoms with E-state index in [2.05, 4.69) is 15.4 Å². The normalized spacial score (nSPS) is 17.5. The van der Waals surface area contributed by atoms with Gasteiger partial charge in [-0.05, 0) is 23.8 Å². The highest BCUT2D eigenvalue weighted by Gasteiger charge is 2.32. The Morgan fingerprint density at radius 3 is 2.58 bits per heavy atom. The van der Waals surface area contributed by atoms with E-state index in [1.807, 2.05) is 35.2 Å². The number of hydrogen-bond acceptors (Lipinski definition) is 4. The fourth-order valence-corrected chi connectivity index (χ4v) is 3.46. The molecule has 26 heavy (non-hydrogen) atoms. The monoisotopic (exact) mass is 349 g/mol. The third kappa shape index (κ3) is 2.92. The number of amides is 2. The van der Waals surface area contributed by atoms with Gasteiger partial charge in [0.2, 0.25) is 5.91 Å². The van der Waals surface area contributed by atoms with Crippen molar-refractivity contribution in [3.8, 4) is 0 Å². The Morgan fingerprint density at radius 1 is 1.04 bits per heavy atom. The number of carbonyl (C=O) groups is 2. The first-order valence-corrected chi connectivity index (χ1v) is 8.55. The van der Waals surface area contributed by atoms with E-state index in [9.17, 15) is 9.59 Å². The minimum atomic E-state index is -0.137. The summed E-state index contributed by atoms with van der Waals surface area (Å²) in [7, 11) is 0. The number of nitrogens with zero attached hydrogens (tertiary/aromatic N) is 4. The topological polar surface area (TPSA) is 82.2 Å². The molecule has 2 aromatic carbocycles. The number of aromatic amines is 1. The first-order valence-electron chi connectivity index (χ1n) is 8.55. The molecule has 0 bridgehead atoms. The van der Waals surface area contributed by atoms with E-state index in [4.69, 9.17) is 0 Å². The predicted molar refractivity (Wildman–Crippen MR) is 96.4 cm³/mol. The van der Waals surface area contributed by atoms with Crippen molar-refractivity contribution in [1.29, 1.82) is 0 Å². The molecule has 1 aromatic heterocycles. The van der Waals surface area contributed by atoms with Crippen LogP contribution in [0.4, 0.5) is 0 Å². The van der Waals surface area contributed by atoms with Crippen LogP contribution in [0.3, 0.4) is 0 Å². The van der Waals surface area contributed by atoms with Gasteiger partial charge in [-0.1, -0.05) is 30.3 Å². The van der Waals surface area contributed by atoms with E-state index in [-0.39, 0.29) is 17.9 Å². The van der Waals surface area contributed by atoms with Crippen molar-refractivity contribution in [2.24, 2.45) is 0 Å². The first kappa shape index (κ1) is 16.3. The van der Waals surface area contributed by atoms with Gasteiger partial charge in [0.1, 0.15) is 11.0 Å². The number of nitrogens with one attached hydrogen (secondary N) is 1. The first-order chi connectivity index (χ1) is 12.6. The SMILES string of the molecule is CC(=O)N1CCN(C(=O)c2ccc3n[nH]nc3c2)CC1c1ccccc1. The highest BCUT2D eigenvalue weighted by molar-refractivity contribution is 5.97. The van der Waals surface area contributed by atoms with Crippen LogP contribution in [0.5, 0.6) is 0 Å². The maximum absolute atomic E-state index is 13.0. The Labute approximate surface area is 150 Å². The maximum atomic E-state index is 13.0. The summed E-state index contributed by atoms with van der Waals surface area (Å²) in [5.41, 5.74) is 3.00. The van der Waals surface area contributed by atoms with Crippen molar-refractivity contribution in [1.82, 2.24) is 25.2 Å². The lowest BCUT2D eigenvalue weighted by Gasteiger charge is -2.41. The van der Waals surface area contributed by atoms with E-state index in [0.717, 1.165) is 11.1 Å². The van der Waals surface area contributed by atoms with E-state index >= 15 is 0 Å². The zero-order chi connectivity index (χ0) is 18.1. The molecule has 132 valence electrons. The molecule has 2 amide bonds. The van der Waals surface area contributed by atoms with Crippen LogP contribution in [-0.4, -0.2) is 56.7 Å². The van der Waals surface area contributed by atoms with Crippen LogP contribution in [0.25, 0.3) is 11.0 Å². The molecule has 1 fully saturated rings. The van der Waals surface area contributed by atoms with E-state index in [0.29, 0.717) is 30.7 Å². The summed E-state index contributed by atoms with van der Waals surface area (Å²) in [6, 6.07) is 15.0. The lowest BCUT2D eigenvalue weighted by molar-refractivity contribution is -0.133. The summed E-state index contributed by atoms with van der Waals surface area (Å²) in [6.45, 7) is 3.08. The molecule has 0 spiro atoms. The van der Waals surface area contributed by atoms with Crippen molar-refractivity contribution < 1.29 is 9.59 Å². The second kappa shape index (κ2) is 6.59. The van der Waals surface area contributed by atoms with Gasteiger partial charge >= 0.3 is 0 Å². The predicted octanol–water partition coefficient (Wildman–Crippen LogP) is 2.00. The molecule has 1 atom stereocenters. The molecule has 0 saturated carbocycles. The van der Waals surface area contributed by atoms with Gasteiger partial charge in [0.15, 0.2) is 0 Å². The summed E-state index contributed by atoms with van der Waals surface area (Å²) in [5, 5.41) is 10.6. The minimum Gasteiger partial charge on any atom is -0.334 e. The molecule has 1 aliphatic heterocycles. The van der Waals surface area contributed by atoms with Crippen molar-refractivity contribution in [2.75, 3.05) is 19.6 Å². The molecule has 7 nitrogen and oxygen atoms in total. The van der Waals surface area contributed by atoms with Gasteiger partial charge in [-0.2, -0.15) is 15.4 Å². The van der Waals surface area contributed by atoms with Gasteiger partial charge in [-0.3, -0.25) is 9.59 Å². The fourth-order valence-electron chi connectivity index (χ4n) is 3.46. The van der Waals surface area contributed by atoms with Crippen LogP contribution < -0.4 is 0 Å². The summed E-state index contributed by atoms with van der Waals surface area (Å²) in [4.78, 5) is 28.7. The number of H-pyrrole nitrogens is 1.